The van der Waals surface area contributed by atoms with E-state index in [9.17, 15) is 4.79 Å². The summed E-state index contributed by atoms with van der Waals surface area (Å²) in [4.78, 5) is 11.3. The lowest BCUT2D eigenvalue weighted by Crippen LogP contribution is -2.16. The summed E-state index contributed by atoms with van der Waals surface area (Å²) < 4.78 is 11.3. The monoisotopic (exact) mass is 282 g/mol. The van der Waals surface area contributed by atoms with E-state index < -0.39 is 0 Å². The van der Waals surface area contributed by atoms with Gasteiger partial charge in [-0.3, -0.25) is 0 Å². The molecule has 0 spiro atoms. The maximum absolute atomic E-state index is 11.3. The Morgan fingerprint density at radius 1 is 1.50 bits per heavy atom. The van der Waals surface area contributed by atoms with Gasteiger partial charge in [-0.25, -0.2) is 4.79 Å². The van der Waals surface area contributed by atoms with Crippen LogP contribution in [-0.2, 0) is 14.3 Å². The number of cyclic esters (lactones) is 1. The predicted molar refractivity (Wildman–Crippen MR) is 62.7 cm³/mol. The highest BCUT2D eigenvalue weighted by Crippen LogP contribution is 2.30. The third-order valence-electron chi connectivity index (χ3n) is 2.41. The molecule has 0 aliphatic carbocycles. The van der Waals surface area contributed by atoms with Crippen molar-refractivity contribution in [1.82, 2.24) is 0 Å². The molecule has 0 saturated heterocycles. The van der Waals surface area contributed by atoms with E-state index in [4.69, 9.17) is 9.47 Å². The highest BCUT2D eigenvalue weighted by molar-refractivity contribution is 9.10. The van der Waals surface area contributed by atoms with E-state index in [1.54, 1.807) is 7.11 Å². The lowest BCUT2D eigenvalue weighted by atomic mass is 10.0. The summed E-state index contributed by atoms with van der Waals surface area (Å²) >= 11 is 3.39. The fourth-order valence-electron chi connectivity index (χ4n) is 1.62. The van der Waals surface area contributed by atoms with Gasteiger partial charge in [0.2, 0.25) is 0 Å². The first kappa shape index (κ1) is 11.2. The van der Waals surface area contributed by atoms with Gasteiger partial charge in [-0.1, -0.05) is 28.1 Å². The lowest BCUT2D eigenvalue weighted by Gasteiger charge is -2.22. The fraction of sp³-hybridized carbons (Fsp3) is 0.250. The largest absolute Gasteiger partial charge is 0.501 e. The second kappa shape index (κ2) is 4.70. The van der Waals surface area contributed by atoms with E-state index in [1.807, 2.05) is 24.3 Å². The predicted octanol–water partition coefficient (Wildman–Crippen LogP) is 2.97. The lowest BCUT2D eigenvalue weighted by molar-refractivity contribution is -0.145. The van der Waals surface area contributed by atoms with Gasteiger partial charge < -0.3 is 9.47 Å². The Kier molecular flexibility index (Phi) is 3.29. The number of benzene rings is 1. The summed E-state index contributed by atoms with van der Waals surface area (Å²) in [6.07, 6.45) is 1.71. The van der Waals surface area contributed by atoms with Crippen molar-refractivity contribution in [3.8, 4) is 0 Å². The molecule has 0 fully saturated rings. The van der Waals surface area contributed by atoms with Crippen molar-refractivity contribution in [1.29, 1.82) is 0 Å². The number of hydrogen-bond donors (Lipinski definition) is 0. The molecule has 16 heavy (non-hydrogen) atoms. The van der Waals surface area contributed by atoms with Gasteiger partial charge >= 0.3 is 5.97 Å². The number of esters is 1. The zero-order chi connectivity index (χ0) is 11.5. The van der Waals surface area contributed by atoms with E-state index in [0.29, 0.717) is 12.2 Å². The van der Waals surface area contributed by atoms with Crippen LogP contribution in [0.3, 0.4) is 0 Å². The number of ether oxygens (including phenoxy) is 2. The summed E-state index contributed by atoms with van der Waals surface area (Å²) in [5.74, 6) is 0.300. The minimum Gasteiger partial charge on any atom is -0.501 e. The zero-order valence-corrected chi connectivity index (χ0v) is 10.4. The molecule has 1 atom stereocenters. The molecule has 1 aromatic carbocycles. The van der Waals surface area contributed by atoms with Gasteiger partial charge in [-0.05, 0) is 17.7 Å². The second-order valence-electron chi connectivity index (χ2n) is 3.50. The van der Waals surface area contributed by atoms with E-state index >= 15 is 0 Å². The topological polar surface area (TPSA) is 35.5 Å². The summed E-state index contributed by atoms with van der Waals surface area (Å²) in [7, 11) is 1.56. The van der Waals surface area contributed by atoms with Crippen LogP contribution in [0.4, 0.5) is 0 Å². The van der Waals surface area contributed by atoms with Gasteiger partial charge in [0, 0.05) is 10.9 Å². The van der Waals surface area contributed by atoms with Gasteiger partial charge in [0.1, 0.15) is 11.9 Å². The number of hydrogen-bond acceptors (Lipinski definition) is 3. The molecule has 1 aliphatic heterocycles. The van der Waals surface area contributed by atoms with Gasteiger partial charge in [-0.15, -0.1) is 0 Å². The first-order valence-corrected chi connectivity index (χ1v) is 5.69. The Bertz CT molecular complexity index is 440. The first-order chi connectivity index (χ1) is 7.69. The zero-order valence-electron chi connectivity index (χ0n) is 8.77. The fourth-order valence-corrected chi connectivity index (χ4v) is 2.04. The SMILES string of the molecule is COC1=CC(=O)O[C@@H](c2cccc(Br)c2)C1. The van der Waals surface area contributed by atoms with Crippen molar-refractivity contribution in [2.45, 2.75) is 12.5 Å². The third-order valence-corrected chi connectivity index (χ3v) is 2.90. The molecule has 1 aliphatic rings. The van der Waals surface area contributed by atoms with E-state index in [1.165, 1.54) is 6.08 Å². The van der Waals surface area contributed by atoms with Crippen LogP contribution in [0.15, 0.2) is 40.6 Å². The molecule has 2 rings (SSSR count). The van der Waals surface area contributed by atoms with Crippen molar-refractivity contribution >= 4 is 21.9 Å². The molecular formula is C12H11BrO3. The van der Waals surface area contributed by atoms with Crippen molar-refractivity contribution < 1.29 is 14.3 Å². The smallest absolute Gasteiger partial charge is 0.334 e. The third kappa shape index (κ3) is 2.44. The molecule has 1 aromatic rings. The normalized spacial score (nSPS) is 20.0. The highest BCUT2D eigenvalue weighted by atomic mass is 79.9. The molecular weight excluding hydrogens is 272 g/mol. The second-order valence-corrected chi connectivity index (χ2v) is 4.42. The number of carbonyl (C=O) groups is 1. The number of methoxy groups -OCH3 is 1. The average Bonchev–Trinajstić information content (AvgIpc) is 2.28. The van der Waals surface area contributed by atoms with Crippen LogP contribution in [-0.4, -0.2) is 13.1 Å². The molecule has 0 aromatic heterocycles. The van der Waals surface area contributed by atoms with Crippen LogP contribution in [0.5, 0.6) is 0 Å². The standard InChI is InChI=1S/C12H11BrO3/c1-15-10-6-11(16-12(14)7-10)8-3-2-4-9(13)5-8/h2-5,7,11H,6H2,1H3/t11-/m1/s1. The van der Waals surface area contributed by atoms with Crippen LogP contribution in [0.2, 0.25) is 0 Å². The molecule has 0 N–H and O–H groups in total. The van der Waals surface area contributed by atoms with Crippen molar-refractivity contribution in [2.75, 3.05) is 7.11 Å². The van der Waals surface area contributed by atoms with E-state index in [-0.39, 0.29) is 12.1 Å². The Labute approximate surface area is 102 Å². The maximum atomic E-state index is 11.3. The first-order valence-electron chi connectivity index (χ1n) is 4.89. The molecule has 1 heterocycles. The van der Waals surface area contributed by atoms with Crippen LogP contribution < -0.4 is 0 Å². The van der Waals surface area contributed by atoms with Gasteiger partial charge in [0.05, 0.1) is 13.2 Å². The molecule has 0 radical (unpaired) electrons. The molecule has 3 nitrogen and oxygen atoms in total. The van der Waals surface area contributed by atoms with Crippen molar-refractivity contribution in [3.05, 3.63) is 46.1 Å². The minimum atomic E-state index is -0.354. The van der Waals surface area contributed by atoms with Gasteiger partial charge in [-0.2, -0.15) is 0 Å². The summed E-state index contributed by atoms with van der Waals surface area (Å²) in [5, 5.41) is 0. The van der Waals surface area contributed by atoms with Crippen LogP contribution in [0, 0.1) is 0 Å². The Balaban J connectivity index is 2.23. The maximum Gasteiger partial charge on any atom is 0.334 e. The van der Waals surface area contributed by atoms with Crippen molar-refractivity contribution in [2.24, 2.45) is 0 Å². The van der Waals surface area contributed by atoms with E-state index in [0.717, 1.165) is 10.0 Å². The molecule has 0 saturated carbocycles. The minimum absolute atomic E-state index is 0.259. The average molecular weight is 283 g/mol. The van der Waals surface area contributed by atoms with E-state index in [2.05, 4.69) is 15.9 Å². The summed E-state index contributed by atoms with van der Waals surface area (Å²) in [6.45, 7) is 0. The van der Waals surface area contributed by atoms with Crippen LogP contribution >= 0.6 is 15.9 Å². The Morgan fingerprint density at radius 3 is 3.00 bits per heavy atom. The highest BCUT2D eigenvalue weighted by Gasteiger charge is 2.23. The molecule has 4 heteroatoms. The van der Waals surface area contributed by atoms with Crippen molar-refractivity contribution in [3.63, 3.8) is 0 Å². The van der Waals surface area contributed by atoms with Gasteiger partial charge in [0.25, 0.3) is 0 Å². The quantitative estimate of drug-likeness (QED) is 0.783. The number of halogens is 1. The number of rotatable bonds is 2. The summed E-state index contributed by atoms with van der Waals surface area (Å²) in [5.41, 5.74) is 0.963. The Hall–Kier alpha value is -1.29. The molecule has 84 valence electrons. The molecule has 0 bridgehead atoms. The summed E-state index contributed by atoms with van der Waals surface area (Å²) in [6, 6.07) is 7.72. The van der Waals surface area contributed by atoms with Crippen LogP contribution in [0.1, 0.15) is 18.1 Å². The Morgan fingerprint density at radius 2 is 2.31 bits per heavy atom. The van der Waals surface area contributed by atoms with Crippen LogP contribution in [0.25, 0.3) is 0 Å². The molecule has 0 unspecified atom stereocenters. The molecule has 0 amide bonds. The van der Waals surface area contributed by atoms with Gasteiger partial charge in [0.15, 0.2) is 0 Å². The number of carbonyl (C=O) groups excluding carboxylic acids is 1.